The first-order chi connectivity index (χ1) is 21.0. The van der Waals surface area contributed by atoms with Crippen LogP contribution in [0.4, 0.5) is 0 Å². The summed E-state index contributed by atoms with van der Waals surface area (Å²) in [6, 6.07) is 0. The first-order valence-corrected chi connectivity index (χ1v) is 17.6. The molecule has 0 aliphatic heterocycles. The van der Waals surface area contributed by atoms with Crippen LogP contribution in [0.1, 0.15) is 149 Å². The first-order valence-electron chi connectivity index (χ1n) is 17.6. The Labute approximate surface area is 266 Å². The molecule has 0 aromatic heterocycles. The van der Waals surface area contributed by atoms with E-state index in [9.17, 15) is 9.59 Å². The van der Waals surface area contributed by atoms with Crippen molar-refractivity contribution in [3.8, 4) is 0 Å². The lowest BCUT2D eigenvalue weighted by molar-refractivity contribution is -0.159. The molecule has 0 N–H and O–H groups in total. The smallest absolute Gasteiger partial charge is 0.306 e. The van der Waals surface area contributed by atoms with E-state index in [1.54, 1.807) is 0 Å². The normalized spacial score (nSPS) is 12.9. The zero-order valence-electron chi connectivity index (χ0n) is 28.5. The van der Waals surface area contributed by atoms with Crippen molar-refractivity contribution in [1.29, 1.82) is 0 Å². The standard InChI is InChI=1S/C38H67NO4/c1-5-7-9-11-13-15-17-19-21-23-25-27-29-31-37(40)42-35-36(33-34-39(3)4)43-38(41)32-30-28-26-24-22-20-18-16-14-12-10-8-6-2/h9-12,21-24,36H,5-8,13-20,25-35H2,1-4H3/b11-9-,12-10-,23-21-,24-22-/t36-/m0/s1. The van der Waals surface area contributed by atoms with Crippen LogP contribution < -0.4 is 0 Å². The number of esters is 2. The van der Waals surface area contributed by atoms with Gasteiger partial charge in [-0.1, -0.05) is 75.3 Å². The van der Waals surface area contributed by atoms with Crippen molar-refractivity contribution in [2.75, 3.05) is 27.2 Å². The van der Waals surface area contributed by atoms with E-state index in [1.807, 2.05) is 14.1 Å². The number of carbonyl (C=O) groups excluding carboxylic acids is 2. The second-order valence-corrected chi connectivity index (χ2v) is 11.9. The summed E-state index contributed by atoms with van der Waals surface area (Å²) in [5.41, 5.74) is 0. The average molecular weight is 602 g/mol. The third-order valence-electron chi connectivity index (χ3n) is 7.19. The summed E-state index contributed by atoms with van der Waals surface area (Å²) in [6.07, 6.45) is 39.3. The Kier molecular flexibility index (Phi) is 31.1. The Morgan fingerprint density at radius 2 is 0.930 bits per heavy atom. The Balaban J connectivity index is 4.00. The number of nitrogens with zero attached hydrogens (tertiary/aromatic N) is 1. The molecule has 0 bridgehead atoms. The number of ether oxygens (including phenoxy) is 2. The molecule has 0 saturated heterocycles. The van der Waals surface area contributed by atoms with Crippen molar-refractivity contribution >= 4 is 11.9 Å². The van der Waals surface area contributed by atoms with Gasteiger partial charge in [0.25, 0.3) is 0 Å². The van der Waals surface area contributed by atoms with Gasteiger partial charge in [-0.2, -0.15) is 0 Å². The second kappa shape index (κ2) is 32.8. The molecule has 0 saturated carbocycles. The van der Waals surface area contributed by atoms with Gasteiger partial charge >= 0.3 is 11.9 Å². The maximum Gasteiger partial charge on any atom is 0.306 e. The zero-order valence-corrected chi connectivity index (χ0v) is 28.5. The molecule has 0 aromatic rings. The van der Waals surface area contributed by atoms with Gasteiger partial charge in [0.15, 0.2) is 0 Å². The highest BCUT2D eigenvalue weighted by Crippen LogP contribution is 2.10. The van der Waals surface area contributed by atoms with Crippen LogP contribution in [0.15, 0.2) is 48.6 Å². The SMILES string of the molecule is CCC/C=C\CCCC/C=C\CCCCC(=O)OC[C@H](CCN(C)C)OC(=O)CCCC/C=C\CCCC/C=C\CCC. The van der Waals surface area contributed by atoms with E-state index >= 15 is 0 Å². The Morgan fingerprint density at radius 3 is 1.33 bits per heavy atom. The maximum atomic E-state index is 12.4. The molecule has 0 amide bonds. The highest BCUT2D eigenvalue weighted by Gasteiger charge is 2.17. The molecule has 43 heavy (non-hydrogen) atoms. The van der Waals surface area contributed by atoms with E-state index < -0.39 is 0 Å². The fourth-order valence-corrected chi connectivity index (χ4v) is 4.47. The summed E-state index contributed by atoms with van der Waals surface area (Å²) in [5, 5.41) is 0. The molecule has 5 nitrogen and oxygen atoms in total. The highest BCUT2D eigenvalue weighted by atomic mass is 16.6. The Bertz CT molecular complexity index is 753. The van der Waals surface area contributed by atoms with Crippen LogP contribution in [0, 0.1) is 0 Å². The molecule has 0 aliphatic carbocycles. The Morgan fingerprint density at radius 1 is 0.558 bits per heavy atom. The third kappa shape index (κ3) is 32.6. The lowest BCUT2D eigenvalue weighted by Crippen LogP contribution is -2.29. The molecule has 248 valence electrons. The zero-order chi connectivity index (χ0) is 31.6. The van der Waals surface area contributed by atoms with Crippen LogP contribution in [0.5, 0.6) is 0 Å². The number of allylic oxidation sites excluding steroid dienone is 8. The number of rotatable bonds is 30. The van der Waals surface area contributed by atoms with E-state index in [2.05, 4.69) is 67.4 Å². The molecule has 0 aromatic carbocycles. The Hall–Kier alpha value is -2.14. The van der Waals surface area contributed by atoms with E-state index in [0.29, 0.717) is 19.3 Å². The van der Waals surface area contributed by atoms with Gasteiger partial charge in [-0.15, -0.1) is 0 Å². The summed E-state index contributed by atoms with van der Waals surface area (Å²) in [7, 11) is 3.98. The predicted octanol–water partition coefficient (Wildman–Crippen LogP) is 10.5. The lowest BCUT2D eigenvalue weighted by Gasteiger charge is -2.20. The van der Waals surface area contributed by atoms with Gasteiger partial charge in [0.1, 0.15) is 12.7 Å². The molecule has 0 heterocycles. The molecule has 5 heteroatoms. The molecule has 0 fully saturated rings. The van der Waals surface area contributed by atoms with Crippen LogP contribution in [-0.4, -0.2) is 50.2 Å². The molecular weight excluding hydrogens is 534 g/mol. The van der Waals surface area contributed by atoms with E-state index in [-0.39, 0.29) is 24.6 Å². The second-order valence-electron chi connectivity index (χ2n) is 11.9. The first kappa shape index (κ1) is 40.9. The molecule has 0 unspecified atom stereocenters. The molecule has 0 rings (SSSR count). The fourth-order valence-electron chi connectivity index (χ4n) is 4.47. The minimum absolute atomic E-state index is 0.142. The van der Waals surface area contributed by atoms with Crippen LogP contribution in [0.25, 0.3) is 0 Å². The van der Waals surface area contributed by atoms with E-state index in [0.717, 1.165) is 57.9 Å². The van der Waals surface area contributed by atoms with Crippen molar-refractivity contribution < 1.29 is 19.1 Å². The summed E-state index contributed by atoms with van der Waals surface area (Å²) < 4.78 is 11.2. The van der Waals surface area contributed by atoms with Gasteiger partial charge in [0.05, 0.1) is 0 Å². The maximum absolute atomic E-state index is 12.4. The van der Waals surface area contributed by atoms with E-state index in [4.69, 9.17) is 9.47 Å². The minimum Gasteiger partial charge on any atom is -0.462 e. The molecule has 0 radical (unpaired) electrons. The predicted molar refractivity (Wildman–Crippen MR) is 184 cm³/mol. The van der Waals surface area contributed by atoms with Crippen molar-refractivity contribution in [3.05, 3.63) is 48.6 Å². The van der Waals surface area contributed by atoms with Crippen molar-refractivity contribution in [2.24, 2.45) is 0 Å². The average Bonchev–Trinajstić information content (AvgIpc) is 2.99. The van der Waals surface area contributed by atoms with Gasteiger partial charge in [-0.05, 0) is 117 Å². The number of hydrogen-bond acceptors (Lipinski definition) is 5. The summed E-state index contributed by atoms with van der Waals surface area (Å²) in [5.74, 6) is -0.398. The van der Waals surface area contributed by atoms with Crippen molar-refractivity contribution in [1.82, 2.24) is 4.90 Å². The number of carbonyl (C=O) groups is 2. The van der Waals surface area contributed by atoms with Gasteiger partial charge < -0.3 is 14.4 Å². The van der Waals surface area contributed by atoms with Crippen LogP contribution in [0.2, 0.25) is 0 Å². The monoisotopic (exact) mass is 602 g/mol. The topological polar surface area (TPSA) is 55.8 Å². The van der Waals surface area contributed by atoms with Gasteiger partial charge in [-0.25, -0.2) is 0 Å². The number of hydrogen-bond donors (Lipinski definition) is 0. The quantitative estimate of drug-likeness (QED) is 0.0466. The van der Waals surface area contributed by atoms with Crippen LogP contribution in [-0.2, 0) is 19.1 Å². The third-order valence-corrected chi connectivity index (χ3v) is 7.19. The van der Waals surface area contributed by atoms with E-state index in [1.165, 1.54) is 64.2 Å². The van der Waals surface area contributed by atoms with Crippen LogP contribution in [0.3, 0.4) is 0 Å². The molecule has 0 aliphatic rings. The fraction of sp³-hybridized carbons (Fsp3) is 0.737. The van der Waals surface area contributed by atoms with Crippen molar-refractivity contribution in [2.45, 2.75) is 155 Å². The van der Waals surface area contributed by atoms with Gasteiger partial charge in [0.2, 0.25) is 0 Å². The molecule has 1 atom stereocenters. The highest BCUT2D eigenvalue weighted by molar-refractivity contribution is 5.70. The summed E-state index contributed by atoms with van der Waals surface area (Å²) in [4.78, 5) is 26.8. The largest absolute Gasteiger partial charge is 0.462 e. The lowest BCUT2D eigenvalue weighted by atomic mass is 10.1. The molecular formula is C38H67NO4. The molecule has 0 spiro atoms. The van der Waals surface area contributed by atoms with Crippen molar-refractivity contribution in [3.63, 3.8) is 0 Å². The summed E-state index contributed by atoms with van der Waals surface area (Å²) >= 11 is 0. The number of unbranched alkanes of at least 4 members (excludes halogenated alkanes) is 12. The minimum atomic E-state index is -0.388. The summed E-state index contributed by atoms with van der Waals surface area (Å²) in [6.45, 7) is 5.33. The van der Waals surface area contributed by atoms with Gasteiger partial charge in [0, 0.05) is 25.8 Å². The van der Waals surface area contributed by atoms with Gasteiger partial charge in [-0.3, -0.25) is 9.59 Å². The van der Waals surface area contributed by atoms with Crippen LogP contribution >= 0.6 is 0 Å².